The van der Waals surface area contributed by atoms with Gasteiger partial charge in [-0.05, 0) is 6.92 Å². The Hall–Kier alpha value is -0.280. The molecule has 5 atom stereocenters. The highest BCUT2D eigenvalue weighted by Crippen LogP contribution is 2.05. The minimum atomic E-state index is -1.60. The van der Waals surface area contributed by atoms with Crippen molar-refractivity contribution in [1.29, 1.82) is 0 Å². The maximum atomic E-state index is 9.47. The molecule has 7 N–H and O–H groups in total. The van der Waals surface area contributed by atoms with E-state index in [4.69, 9.17) is 20.4 Å². The molecular formula is C8H19NO6. The van der Waals surface area contributed by atoms with Crippen molar-refractivity contribution >= 4 is 0 Å². The molecule has 7 nitrogen and oxygen atoms in total. The summed E-state index contributed by atoms with van der Waals surface area (Å²) < 4.78 is 0. The average Bonchev–Trinajstić information content (AvgIpc) is 2.22. The highest BCUT2D eigenvalue weighted by Gasteiger charge is 2.31. The summed E-state index contributed by atoms with van der Waals surface area (Å²) in [5.74, 6) is 0. The van der Waals surface area contributed by atoms with Gasteiger partial charge in [0.1, 0.15) is 24.5 Å². The molecule has 0 bridgehead atoms. The summed E-state index contributed by atoms with van der Waals surface area (Å²) in [7, 11) is 0. The van der Waals surface area contributed by atoms with Gasteiger partial charge in [-0.25, -0.2) is 0 Å². The first-order valence-corrected chi connectivity index (χ1v) is 4.64. The van der Waals surface area contributed by atoms with Gasteiger partial charge >= 0.3 is 0 Å². The van der Waals surface area contributed by atoms with E-state index in [0.29, 0.717) is 0 Å². The fraction of sp³-hybridized carbons (Fsp3) is 1.00. The Morgan fingerprint density at radius 2 is 1.47 bits per heavy atom. The van der Waals surface area contributed by atoms with E-state index in [-0.39, 0.29) is 0 Å². The quantitative estimate of drug-likeness (QED) is 0.222. The molecule has 15 heavy (non-hydrogen) atoms. The summed E-state index contributed by atoms with van der Waals surface area (Å²) in [6, 6.07) is -0.985. The van der Waals surface area contributed by atoms with Crippen LogP contribution in [0, 0.1) is 0 Å². The van der Waals surface area contributed by atoms with Gasteiger partial charge in [-0.1, -0.05) is 0 Å². The van der Waals surface area contributed by atoms with Crippen LogP contribution in [0.5, 0.6) is 0 Å². The number of rotatable bonds is 7. The number of hydrogen-bond donors (Lipinski definition) is 7. The SMILES string of the molecule is C[C@H](O)N[C@H](CO)[C@@H](O)[C@H](O)[C@@H](O)CO. The zero-order valence-corrected chi connectivity index (χ0v) is 8.48. The van der Waals surface area contributed by atoms with E-state index in [1.165, 1.54) is 6.92 Å². The number of aliphatic hydroxyl groups excluding tert-OH is 6. The standard InChI is InChI=1S/C8H19NO6/c1-4(12)9-5(2-10)7(14)8(15)6(13)3-11/h4-15H,2-3H2,1H3/t4-,5+,6-,7+,8+/m0/s1. The largest absolute Gasteiger partial charge is 0.395 e. The van der Waals surface area contributed by atoms with Gasteiger partial charge < -0.3 is 30.6 Å². The molecule has 0 fully saturated rings. The second-order valence-corrected chi connectivity index (χ2v) is 3.36. The lowest BCUT2D eigenvalue weighted by atomic mass is 10.0. The third-order valence-electron chi connectivity index (χ3n) is 2.00. The highest BCUT2D eigenvalue weighted by atomic mass is 16.4. The summed E-state index contributed by atoms with van der Waals surface area (Å²) in [6.45, 7) is 0.149. The smallest absolute Gasteiger partial charge is 0.110 e. The Bertz CT molecular complexity index is 167. The molecule has 0 aliphatic carbocycles. The Kier molecular flexibility index (Phi) is 6.94. The fourth-order valence-corrected chi connectivity index (χ4v) is 1.14. The molecule has 0 heterocycles. The maximum Gasteiger partial charge on any atom is 0.110 e. The van der Waals surface area contributed by atoms with Crippen molar-refractivity contribution in [3.8, 4) is 0 Å². The minimum absolute atomic E-state index is 0.527. The van der Waals surface area contributed by atoms with Gasteiger partial charge in [-0.3, -0.25) is 5.32 Å². The third-order valence-corrected chi connectivity index (χ3v) is 2.00. The topological polar surface area (TPSA) is 133 Å². The predicted molar refractivity (Wildman–Crippen MR) is 50.8 cm³/mol. The summed E-state index contributed by atoms with van der Waals surface area (Å²) >= 11 is 0. The fourth-order valence-electron chi connectivity index (χ4n) is 1.14. The van der Waals surface area contributed by atoms with Gasteiger partial charge in [0, 0.05) is 0 Å². The summed E-state index contributed by atoms with van der Waals surface area (Å²) in [5.41, 5.74) is 0. The number of nitrogens with one attached hydrogen (secondary N) is 1. The van der Waals surface area contributed by atoms with Gasteiger partial charge in [0.25, 0.3) is 0 Å². The van der Waals surface area contributed by atoms with Gasteiger partial charge in [-0.2, -0.15) is 0 Å². The predicted octanol–water partition coefficient (Wildman–Crippen LogP) is -3.65. The van der Waals surface area contributed by atoms with Gasteiger partial charge in [-0.15, -0.1) is 0 Å². The second kappa shape index (κ2) is 7.07. The molecule has 92 valence electrons. The zero-order chi connectivity index (χ0) is 12.0. The van der Waals surface area contributed by atoms with Crippen molar-refractivity contribution in [3.63, 3.8) is 0 Å². The van der Waals surface area contributed by atoms with Crippen molar-refractivity contribution in [1.82, 2.24) is 5.32 Å². The van der Waals surface area contributed by atoms with Crippen LogP contribution < -0.4 is 5.32 Å². The molecule has 7 heteroatoms. The molecule has 0 spiro atoms. The van der Waals surface area contributed by atoms with Crippen molar-refractivity contribution in [3.05, 3.63) is 0 Å². The molecule has 0 radical (unpaired) electrons. The maximum absolute atomic E-state index is 9.47. The number of aliphatic hydroxyl groups is 6. The molecule has 0 amide bonds. The Labute approximate surface area is 87.6 Å². The van der Waals surface area contributed by atoms with Crippen LogP contribution in [0.15, 0.2) is 0 Å². The van der Waals surface area contributed by atoms with Crippen molar-refractivity contribution in [2.24, 2.45) is 0 Å². The van der Waals surface area contributed by atoms with Crippen LogP contribution >= 0.6 is 0 Å². The van der Waals surface area contributed by atoms with E-state index in [9.17, 15) is 10.2 Å². The van der Waals surface area contributed by atoms with Crippen LogP contribution in [0.2, 0.25) is 0 Å². The molecular weight excluding hydrogens is 206 g/mol. The lowest BCUT2D eigenvalue weighted by molar-refractivity contribution is -0.0964. The van der Waals surface area contributed by atoms with Crippen LogP contribution in [0.3, 0.4) is 0 Å². The van der Waals surface area contributed by atoms with E-state index in [2.05, 4.69) is 5.32 Å². The Morgan fingerprint density at radius 3 is 1.80 bits per heavy atom. The molecule has 0 aliphatic heterocycles. The molecule has 0 aromatic rings. The highest BCUT2D eigenvalue weighted by molar-refractivity contribution is 4.85. The normalized spacial score (nSPS) is 21.8. The molecule has 0 aliphatic rings. The molecule has 0 aromatic carbocycles. The Morgan fingerprint density at radius 1 is 0.933 bits per heavy atom. The molecule has 0 saturated carbocycles. The van der Waals surface area contributed by atoms with Gasteiger partial charge in [0.2, 0.25) is 0 Å². The third kappa shape index (κ3) is 4.85. The summed E-state index contributed by atoms with van der Waals surface area (Å²) in [6.07, 6.45) is -5.56. The summed E-state index contributed by atoms with van der Waals surface area (Å²) in [5, 5.41) is 56.6. The molecule has 0 saturated heterocycles. The van der Waals surface area contributed by atoms with Crippen LogP contribution in [0.25, 0.3) is 0 Å². The van der Waals surface area contributed by atoms with E-state index >= 15 is 0 Å². The van der Waals surface area contributed by atoms with Gasteiger partial charge in [0.05, 0.1) is 19.3 Å². The zero-order valence-electron chi connectivity index (χ0n) is 8.48. The van der Waals surface area contributed by atoms with Crippen molar-refractivity contribution in [2.45, 2.75) is 37.5 Å². The van der Waals surface area contributed by atoms with Crippen molar-refractivity contribution in [2.75, 3.05) is 13.2 Å². The van der Waals surface area contributed by atoms with Crippen LogP contribution in [0.4, 0.5) is 0 Å². The first kappa shape index (κ1) is 14.7. The Balaban J connectivity index is 4.29. The lowest BCUT2D eigenvalue weighted by Gasteiger charge is -2.29. The van der Waals surface area contributed by atoms with Crippen LogP contribution in [0.1, 0.15) is 6.92 Å². The van der Waals surface area contributed by atoms with Crippen LogP contribution in [-0.4, -0.2) is 74.4 Å². The van der Waals surface area contributed by atoms with Crippen LogP contribution in [-0.2, 0) is 0 Å². The van der Waals surface area contributed by atoms with Crippen molar-refractivity contribution < 1.29 is 30.6 Å². The van der Waals surface area contributed by atoms with E-state index in [1.54, 1.807) is 0 Å². The summed E-state index contributed by atoms with van der Waals surface area (Å²) in [4.78, 5) is 0. The van der Waals surface area contributed by atoms with E-state index < -0.39 is 43.8 Å². The second-order valence-electron chi connectivity index (χ2n) is 3.36. The van der Waals surface area contributed by atoms with E-state index in [0.717, 1.165) is 0 Å². The minimum Gasteiger partial charge on any atom is -0.395 e. The lowest BCUT2D eigenvalue weighted by Crippen LogP contribution is -2.54. The average molecular weight is 225 g/mol. The molecule has 0 rings (SSSR count). The first-order valence-electron chi connectivity index (χ1n) is 4.64. The van der Waals surface area contributed by atoms with Gasteiger partial charge in [0.15, 0.2) is 0 Å². The van der Waals surface area contributed by atoms with E-state index in [1.807, 2.05) is 0 Å². The molecule has 0 aromatic heterocycles. The number of hydrogen-bond acceptors (Lipinski definition) is 7. The first-order chi connectivity index (χ1) is 6.93. The molecule has 0 unspecified atom stereocenters. The monoisotopic (exact) mass is 225 g/mol.